The molecule has 4 aromatic heterocycles. The summed E-state index contributed by atoms with van der Waals surface area (Å²) in [5.41, 5.74) is 10.7. The largest absolute Gasteiger partial charge is 0.497 e. The number of pyridine rings is 2. The third-order valence-electron chi connectivity index (χ3n) is 9.05. The molecule has 6 rings (SSSR count). The zero-order chi connectivity index (χ0) is 41.7. The summed E-state index contributed by atoms with van der Waals surface area (Å²) in [6, 6.07) is 20.2. The number of nitrogens with one attached hydrogen (secondary N) is 3. The van der Waals surface area contributed by atoms with Gasteiger partial charge in [0.15, 0.2) is 17.4 Å². The number of methoxy groups -OCH3 is 3. The van der Waals surface area contributed by atoms with E-state index in [0.717, 1.165) is 22.9 Å². The quantitative estimate of drug-likeness (QED) is 0.0664. The van der Waals surface area contributed by atoms with E-state index >= 15 is 0 Å². The maximum atomic E-state index is 13.9. The lowest BCUT2D eigenvalue weighted by Gasteiger charge is -2.18. The van der Waals surface area contributed by atoms with E-state index in [1.54, 1.807) is 87.6 Å². The summed E-state index contributed by atoms with van der Waals surface area (Å²) in [5, 5.41) is 31.7. The molecule has 0 radical (unpaired) electrons. The molecular weight excluding hydrogens is 755 g/mol. The van der Waals surface area contributed by atoms with Crippen LogP contribution in [0.4, 0.5) is 5.69 Å². The average molecular weight is 800 g/mol. The Hall–Kier alpha value is -7.63. The summed E-state index contributed by atoms with van der Waals surface area (Å²) < 4.78 is 26.2. The van der Waals surface area contributed by atoms with Crippen molar-refractivity contribution in [1.29, 1.82) is 5.41 Å². The highest BCUT2D eigenvalue weighted by Gasteiger charge is 2.27. The number of anilines is 1. The van der Waals surface area contributed by atoms with Crippen LogP contribution in [0.25, 0.3) is 11.5 Å². The van der Waals surface area contributed by atoms with E-state index in [0.29, 0.717) is 52.3 Å². The fourth-order valence-corrected chi connectivity index (χ4v) is 6.03. The van der Waals surface area contributed by atoms with Crippen molar-refractivity contribution in [3.8, 4) is 28.9 Å². The van der Waals surface area contributed by atoms with Gasteiger partial charge in [0, 0.05) is 61.5 Å². The van der Waals surface area contributed by atoms with Crippen LogP contribution in [-0.2, 0) is 31.0 Å². The van der Waals surface area contributed by atoms with Crippen molar-refractivity contribution in [3.63, 3.8) is 0 Å². The van der Waals surface area contributed by atoms with Gasteiger partial charge in [0.2, 0.25) is 5.88 Å². The van der Waals surface area contributed by atoms with E-state index in [9.17, 15) is 4.79 Å². The van der Waals surface area contributed by atoms with Gasteiger partial charge in [0.1, 0.15) is 47.9 Å². The average Bonchev–Trinajstić information content (AvgIpc) is 3.95. The van der Waals surface area contributed by atoms with Gasteiger partial charge in [-0.2, -0.15) is 0 Å². The van der Waals surface area contributed by atoms with Crippen molar-refractivity contribution in [3.05, 3.63) is 131 Å². The number of hydrogen-bond acceptors (Lipinski definition) is 15. The maximum absolute atomic E-state index is 13.9. The normalized spacial score (nSPS) is 11.7. The van der Waals surface area contributed by atoms with Crippen LogP contribution in [0.5, 0.6) is 17.4 Å². The van der Waals surface area contributed by atoms with Crippen LogP contribution in [0.1, 0.15) is 45.5 Å². The zero-order valence-corrected chi connectivity index (χ0v) is 33.3. The molecule has 6 aromatic rings. The van der Waals surface area contributed by atoms with E-state index in [4.69, 9.17) is 40.1 Å². The van der Waals surface area contributed by atoms with Gasteiger partial charge in [0.25, 0.3) is 5.91 Å². The Morgan fingerprint density at radius 3 is 2.42 bits per heavy atom. The van der Waals surface area contributed by atoms with Crippen LogP contribution in [-0.4, -0.2) is 92.3 Å². The molecule has 2 aromatic carbocycles. The Morgan fingerprint density at radius 2 is 1.76 bits per heavy atom. The molecule has 0 saturated carbocycles. The highest BCUT2D eigenvalue weighted by Crippen LogP contribution is 2.30. The highest BCUT2D eigenvalue weighted by molar-refractivity contribution is 6.10. The van der Waals surface area contributed by atoms with Crippen molar-refractivity contribution >= 4 is 23.5 Å². The summed E-state index contributed by atoms with van der Waals surface area (Å²) >= 11 is 0. The Morgan fingerprint density at radius 1 is 0.966 bits per heavy atom. The van der Waals surface area contributed by atoms with Crippen molar-refractivity contribution in [1.82, 2.24) is 44.8 Å². The number of carbonyl (C=O) groups is 1. The first kappa shape index (κ1) is 41.0. The number of ether oxygens (including phenoxy) is 4. The monoisotopic (exact) mass is 799 g/mol. The fourth-order valence-electron chi connectivity index (χ4n) is 6.03. The summed E-state index contributed by atoms with van der Waals surface area (Å²) in [4.78, 5) is 28.1. The summed E-state index contributed by atoms with van der Waals surface area (Å²) in [6.45, 7) is 2.94. The standard InChI is InChI=1S/C41H45N13O5/c1-26(43)38(59-23-27-9-7-6-8-10-27)37(45-15-16-53-24-48-49-25-53)40-52-51-39(54(40)22-28-11-14-35(58-5)46-20-28)36-31(19-42)32(44-2)18-33(50-36)41(55)47-21-29-12-13-30(56-3)17-34(29)57-4/h6-14,17-20,24-25,42H,15-16,21-23,43H2,1-5H3,(H,44,50)(H,47,55)/b38-26+,42-19?,45-37?. The molecule has 0 aliphatic carbocycles. The minimum absolute atomic E-state index is 0.0667. The number of aromatic nitrogens is 8. The van der Waals surface area contributed by atoms with E-state index < -0.39 is 5.91 Å². The zero-order valence-electron chi connectivity index (χ0n) is 33.3. The van der Waals surface area contributed by atoms with Crippen LogP contribution in [0.2, 0.25) is 0 Å². The Kier molecular flexibility index (Phi) is 13.5. The second-order valence-corrected chi connectivity index (χ2v) is 12.9. The van der Waals surface area contributed by atoms with Crippen LogP contribution >= 0.6 is 0 Å². The molecule has 0 unspecified atom stereocenters. The minimum Gasteiger partial charge on any atom is -0.497 e. The number of benzene rings is 2. The molecule has 59 heavy (non-hydrogen) atoms. The van der Waals surface area contributed by atoms with Crippen LogP contribution in [0.15, 0.2) is 102 Å². The van der Waals surface area contributed by atoms with E-state index in [1.165, 1.54) is 0 Å². The number of rotatable bonds is 19. The third-order valence-corrected chi connectivity index (χ3v) is 9.05. The Balaban J connectivity index is 1.47. The lowest BCUT2D eigenvalue weighted by Crippen LogP contribution is -2.25. The fraction of sp³-hybridized carbons (Fsp3) is 0.244. The number of allylic oxidation sites excluding steroid dienone is 2. The van der Waals surface area contributed by atoms with Gasteiger partial charge in [-0.05, 0) is 36.2 Å². The number of hydrogen-bond donors (Lipinski definition) is 4. The van der Waals surface area contributed by atoms with Gasteiger partial charge < -0.3 is 45.3 Å². The number of nitrogens with two attached hydrogens (primary N) is 1. The Bertz CT molecular complexity index is 2430. The predicted octanol–water partition coefficient (Wildman–Crippen LogP) is 4.27. The van der Waals surface area contributed by atoms with Crippen LogP contribution in [0, 0.1) is 5.41 Å². The molecule has 18 heteroatoms. The molecule has 0 bridgehead atoms. The maximum Gasteiger partial charge on any atom is 0.270 e. The van der Waals surface area contributed by atoms with Crippen molar-refractivity contribution in [2.75, 3.05) is 40.2 Å². The molecule has 4 heterocycles. The van der Waals surface area contributed by atoms with Gasteiger partial charge in [-0.3, -0.25) is 14.4 Å². The lowest BCUT2D eigenvalue weighted by molar-refractivity contribution is 0.0946. The number of aliphatic imine (C=N–C) groups is 1. The molecule has 0 aliphatic heterocycles. The number of nitrogens with zero attached hydrogens (tertiary/aromatic N) is 9. The topological polar surface area (TPSA) is 227 Å². The van der Waals surface area contributed by atoms with Crippen molar-refractivity contribution in [2.24, 2.45) is 10.7 Å². The van der Waals surface area contributed by atoms with Gasteiger partial charge in [-0.15, -0.1) is 20.4 Å². The summed E-state index contributed by atoms with van der Waals surface area (Å²) in [7, 11) is 6.35. The SMILES string of the molecule is CNc1cc(C(=O)NCc2ccc(OC)cc2OC)nc(-c2nnc(C(=NCCn3cnnc3)/C(OCc3ccccc3)=C(/C)N)n2Cc2ccc(OC)nc2)c1C=N. The first-order chi connectivity index (χ1) is 28.8. The van der Waals surface area contributed by atoms with Crippen molar-refractivity contribution < 1.29 is 23.7 Å². The van der Waals surface area contributed by atoms with Gasteiger partial charge >= 0.3 is 0 Å². The molecule has 304 valence electrons. The smallest absolute Gasteiger partial charge is 0.270 e. The first-order valence-corrected chi connectivity index (χ1v) is 18.4. The molecule has 0 saturated heterocycles. The highest BCUT2D eigenvalue weighted by atomic mass is 16.5. The van der Waals surface area contributed by atoms with Gasteiger partial charge in [-0.25, -0.2) is 9.97 Å². The van der Waals surface area contributed by atoms with Gasteiger partial charge in [0.05, 0.1) is 40.1 Å². The summed E-state index contributed by atoms with van der Waals surface area (Å²) in [5.74, 6) is 1.95. The van der Waals surface area contributed by atoms with Crippen molar-refractivity contribution in [2.45, 2.75) is 33.2 Å². The van der Waals surface area contributed by atoms with E-state index in [-0.39, 0.29) is 49.3 Å². The molecule has 0 aliphatic rings. The van der Waals surface area contributed by atoms with E-state index in [2.05, 4.69) is 36.0 Å². The molecule has 5 N–H and O–H groups in total. The van der Waals surface area contributed by atoms with E-state index in [1.807, 2.05) is 42.5 Å². The molecule has 0 spiro atoms. The Labute approximate surface area is 340 Å². The molecule has 1 amide bonds. The number of amides is 1. The second kappa shape index (κ2) is 19.5. The molecule has 18 nitrogen and oxygen atoms in total. The molecule has 0 fully saturated rings. The number of carbonyl (C=O) groups excluding carboxylic acids is 1. The second-order valence-electron chi connectivity index (χ2n) is 12.9. The summed E-state index contributed by atoms with van der Waals surface area (Å²) in [6.07, 6.45) is 6.03. The minimum atomic E-state index is -0.475. The van der Waals surface area contributed by atoms with Gasteiger partial charge in [-0.1, -0.05) is 36.4 Å². The van der Waals surface area contributed by atoms with Crippen LogP contribution < -0.4 is 30.6 Å². The van der Waals surface area contributed by atoms with Crippen LogP contribution in [0.3, 0.4) is 0 Å². The predicted molar refractivity (Wildman–Crippen MR) is 221 cm³/mol. The lowest BCUT2D eigenvalue weighted by atomic mass is 10.1. The molecular formula is C41H45N13O5. The first-order valence-electron chi connectivity index (χ1n) is 18.4. The third kappa shape index (κ3) is 9.85. The molecule has 0 atom stereocenters.